The highest BCUT2D eigenvalue weighted by Gasteiger charge is 2.18. The molecule has 0 amide bonds. The number of aromatic amines is 1. The van der Waals surface area contributed by atoms with Gasteiger partial charge < -0.3 is 20.6 Å². The van der Waals surface area contributed by atoms with Crippen molar-refractivity contribution in [2.75, 3.05) is 5.75 Å². The van der Waals surface area contributed by atoms with E-state index in [1.165, 1.54) is 11.8 Å². The number of H-pyrrole nitrogens is 1. The van der Waals surface area contributed by atoms with E-state index in [0.717, 1.165) is 16.5 Å². The lowest BCUT2D eigenvalue weighted by Gasteiger charge is -2.12. The molecule has 0 aliphatic rings. The first-order valence-electron chi connectivity index (χ1n) is 5.74. The topological polar surface area (TPSA) is 107 Å². The number of aromatic nitrogens is 1. The lowest BCUT2D eigenvalue weighted by atomic mass is 10.1. The lowest BCUT2D eigenvalue weighted by molar-refractivity contribution is -0.431. The number of para-hydroxylation sites is 1. The summed E-state index contributed by atoms with van der Waals surface area (Å²) in [6.45, 7) is 0. The molecule has 19 heavy (non-hydrogen) atoms. The predicted octanol–water partition coefficient (Wildman–Crippen LogP) is -0.174. The zero-order valence-corrected chi connectivity index (χ0v) is 10.9. The fraction of sp³-hybridized carbons (Fsp3) is 0.231. The highest BCUT2D eigenvalue weighted by molar-refractivity contribution is 7.99. The van der Waals surface area contributed by atoms with Crippen molar-refractivity contribution in [1.29, 1.82) is 5.26 Å². The van der Waals surface area contributed by atoms with Crippen molar-refractivity contribution in [1.82, 2.24) is 4.98 Å². The molecule has 98 valence electrons. The highest BCUT2D eigenvalue weighted by atomic mass is 32.2. The van der Waals surface area contributed by atoms with Gasteiger partial charge in [-0.05, 0) is 6.07 Å². The molecule has 0 spiro atoms. The second-order valence-electron chi connectivity index (χ2n) is 4.15. The van der Waals surface area contributed by atoms with Crippen LogP contribution in [0.2, 0.25) is 0 Å². The van der Waals surface area contributed by atoms with Crippen LogP contribution in [-0.2, 0) is 4.79 Å². The van der Waals surface area contributed by atoms with E-state index < -0.39 is 17.3 Å². The van der Waals surface area contributed by atoms with Crippen molar-refractivity contribution in [3.63, 3.8) is 0 Å². The second kappa shape index (κ2) is 5.78. The van der Waals surface area contributed by atoms with E-state index in [1.54, 1.807) is 6.20 Å². The van der Waals surface area contributed by atoms with Gasteiger partial charge in [0.05, 0.1) is 17.8 Å². The third-order valence-corrected chi connectivity index (χ3v) is 4.11. The van der Waals surface area contributed by atoms with Crippen molar-refractivity contribution in [2.45, 2.75) is 11.3 Å². The first-order valence-corrected chi connectivity index (χ1v) is 6.79. The Morgan fingerprint density at radius 1 is 1.53 bits per heavy atom. The van der Waals surface area contributed by atoms with Crippen LogP contribution in [-0.4, -0.2) is 22.7 Å². The number of thioether (sulfide) groups is 1. The Balaban J connectivity index is 2.18. The largest absolute Gasteiger partial charge is 0.544 e. The molecule has 1 unspecified atom stereocenters. The van der Waals surface area contributed by atoms with Crippen molar-refractivity contribution >= 4 is 28.6 Å². The van der Waals surface area contributed by atoms with E-state index in [4.69, 9.17) is 0 Å². The lowest BCUT2D eigenvalue weighted by Crippen LogP contribution is -2.69. The minimum atomic E-state index is -1.19. The molecule has 1 heterocycles. The average molecular weight is 275 g/mol. The molecule has 0 aliphatic carbocycles. The Morgan fingerprint density at radius 3 is 2.95 bits per heavy atom. The molecule has 2 aromatic rings. The van der Waals surface area contributed by atoms with Gasteiger partial charge in [0.1, 0.15) is 11.3 Å². The monoisotopic (exact) mass is 275 g/mol. The Kier molecular flexibility index (Phi) is 4.10. The van der Waals surface area contributed by atoms with E-state index in [0.29, 0.717) is 0 Å². The molecule has 5 nitrogen and oxygen atoms in total. The number of aliphatic carboxylic acids is 1. The summed E-state index contributed by atoms with van der Waals surface area (Å²) in [6.07, 6.45) is 1.79. The Hall–Kier alpha value is -1.97. The van der Waals surface area contributed by atoms with Crippen LogP contribution in [0.1, 0.15) is 10.8 Å². The zero-order chi connectivity index (χ0) is 13.8. The second-order valence-corrected chi connectivity index (χ2v) is 5.29. The van der Waals surface area contributed by atoms with E-state index in [1.807, 2.05) is 24.3 Å². The van der Waals surface area contributed by atoms with Crippen LogP contribution in [0.3, 0.4) is 0 Å². The quantitative estimate of drug-likeness (QED) is 0.789. The van der Waals surface area contributed by atoms with Crippen molar-refractivity contribution in [3.05, 3.63) is 36.0 Å². The number of rotatable bonds is 5. The fourth-order valence-electron chi connectivity index (χ4n) is 1.79. The molecule has 0 radical (unpaired) electrons. The number of carboxylic acids is 1. The van der Waals surface area contributed by atoms with Crippen molar-refractivity contribution < 1.29 is 15.6 Å². The number of hydrogen-bond donors (Lipinski definition) is 2. The van der Waals surface area contributed by atoms with Gasteiger partial charge >= 0.3 is 0 Å². The van der Waals surface area contributed by atoms with E-state index >= 15 is 0 Å². The number of carbonyl (C=O) groups excluding carboxylic acids is 1. The smallest absolute Gasteiger partial charge is 0.134 e. The number of nitriles is 1. The van der Waals surface area contributed by atoms with Gasteiger partial charge in [-0.1, -0.05) is 18.2 Å². The summed E-state index contributed by atoms with van der Waals surface area (Å²) >= 11 is 1.27. The van der Waals surface area contributed by atoms with Crippen LogP contribution < -0.4 is 10.8 Å². The minimum Gasteiger partial charge on any atom is -0.544 e. The maximum atomic E-state index is 10.6. The first-order chi connectivity index (χ1) is 9.13. The number of fused-ring (bicyclic) bond motifs is 1. The Morgan fingerprint density at radius 2 is 2.26 bits per heavy atom. The van der Waals surface area contributed by atoms with Crippen LogP contribution in [0.4, 0.5) is 0 Å². The number of quaternary nitrogens is 1. The third kappa shape index (κ3) is 2.89. The maximum absolute atomic E-state index is 10.6. The van der Waals surface area contributed by atoms with Crippen molar-refractivity contribution in [3.8, 4) is 6.07 Å². The number of carbonyl (C=O) groups is 1. The van der Waals surface area contributed by atoms with E-state index in [2.05, 4.69) is 16.8 Å². The summed E-state index contributed by atoms with van der Waals surface area (Å²) < 4.78 is 0. The van der Waals surface area contributed by atoms with Gasteiger partial charge in [0.15, 0.2) is 0 Å². The highest BCUT2D eigenvalue weighted by Crippen LogP contribution is 2.33. The molecule has 1 aromatic heterocycles. The van der Waals surface area contributed by atoms with E-state index in [-0.39, 0.29) is 5.75 Å². The van der Waals surface area contributed by atoms with Crippen LogP contribution in [0.25, 0.3) is 10.9 Å². The number of carboxylic acid groups (broad SMARTS) is 1. The maximum Gasteiger partial charge on any atom is 0.134 e. The molecule has 4 N–H and O–H groups in total. The molecule has 0 aliphatic heterocycles. The summed E-state index contributed by atoms with van der Waals surface area (Å²) in [6, 6.07) is 9.07. The molecule has 1 aromatic carbocycles. The van der Waals surface area contributed by atoms with Gasteiger partial charge in [-0.3, -0.25) is 0 Å². The Labute approximate surface area is 114 Å². The van der Waals surface area contributed by atoms with Gasteiger partial charge in [-0.25, -0.2) is 0 Å². The van der Waals surface area contributed by atoms with Gasteiger partial charge in [-0.2, -0.15) is 5.26 Å². The van der Waals surface area contributed by atoms with Crippen LogP contribution in [0, 0.1) is 11.3 Å². The van der Waals surface area contributed by atoms with E-state index in [9.17, 15) is 15.2 Å². The summed E-state index contributed by atoms with van der Waals surface area (Å²) in [4.78, 5) is 13.7. The molecular weight excluding hydrogens is 262 g/mol. The summed E-state index contributed by atoms with van der Waals surface area (Å²) in [7, 11) is 0. The number of hydrogen-bond acceptors (Lipinski definition) is 4. The summed E-state index contributed by atoms with van der Waals surface area (Å²) in [5.74, 6) is -0.941. The molecule has 0 fully saturated rings. The third-order valence-electron chi connectivity index (χ3n) is 2.82. The molecule has 0 saturated heterocycles. The molecule has 0 saturated carbocycles. The standard InChI is InChI=1S/C13H13N3O2S/c14-5-12(19-7-10(15)13(17)18)9-6-16-11-4-2-1-3-8(9)11/h1-4,6,10,12,16H,7,15H2,(H,17,18)/t10-,12?/m0/s1. The van der Waals surface area contributed by atoms with Crippen LogP contribution in [0.5, 0.6) is 0 Å². The van der Waals surface area contributed by atoms with Gasteiger partial charge in [0.2, 0.25) is 0 Å². The normalized spacial score (nSPS) is 13.9. The van der Waals surface area contributed by atoms with Gasteiger partial charge in [0.25, 0.3) is 0 Å². The summed E-state index contributed by atoms with van der Waals surface area (Å²) in [5.41, 5.74) is 5.32. The molecule has 0 bridgehead atoms. The van der Waals surface area contributed by atoms with Gasteiger partial charge in [-0.15, -0.1) is 11.8 Å². The zero-order valence-electron chi connectivity index (χ0n) is 10.1. The average Bonchev–Trinajstić information content (AvgIpc) is 2.83. The number of benzene rings is 1. The van der Waals surface area contributed by atoms with Crippen LogP contribution in [0.15, 0.2) is 30.5 Å². The predicted molar refractivity (Wildman–Crippen MR) is 70.8 cm³/mol. The SMILES string of the molecule is N#CC(SC[C@H]([NH3+])C(=O)[O-])c1c[nH]c2ccccc12. The molecular formula is C13H13N3O2S. The fourth-order valence-corrected chi connectivity index (χ4v) is 2.80. The minimum absolute atomic E-state index is 0.250. The van der Waals surface area contributed by atoms with Gasteiger partial charge in [0, 0.05) is 22.7 Å². The molecule has 2 rings (SSSR count). The molecule has 2 atom stereocenters. The first kappa shape index (κ1) is 13.5. The number of nitrogens with zero attached hydrogens (tertiary/aromatic N) is 1. The van der Waals surface area contributed by atoms with Crippen LogP contribution >= 0.6 is 11.8 Å². The number of nitrogens with one attached hydrogen (secondary N) is 1. The Bertz CT molecular complexity index is 632. The molecule has 6 heteroatoms. The summed E-state index contributed by atoms with van der Waals surface area (Å²) in [5, 5.41) is 20.4. The van der Waals surface area contributed by atoms with Crippen molar-refractivity contribution in [2.24, 2.45) is 0 Å².